The van der Waals surface area contributed by atoms with Gasteiger partial charge in [-0.3, -0.25) is 4.79 Å². The molecule has 3 heterocycles. The molecule has 4 heteroatoms. The summed E-state index contributed by atoms with van der Waals surface area (Å²) in [7, 11) is 0. The lowest BCUT2D eigenvalue weighted by Crippen LogP contribution is -1.95. The smallest absolute Gasteiger partial charge is 0.181 e. The van der Waals surface area contributed by atoms with E-state index < -0.39 is 0 Å². The molecule has 0 unspecified atom stereocenters. The molecule has 1 nitrogen and oxygen atoms in total. The first kappa shape index (κ1) is 10.9. The summed E-state index contributed by atoms with van der Waals surface area (Å²) in [5.41, 5.74) is 0.0792. The lowest BCUT2D eigenvalue weighted by atomic mass is 10.3. The Morgan fingerprint density at radius 3 is 1.71 bits per heavy atom. The maximum absolute atomic E-state index is 11.7. The van der Waals surface area contributed by atoms with Crippen LogP contribution in [0.25, 0.3) is 19.5 Å². The third-order valence-electron chi connectivity index (χ3n) is 2.29. The van der Waals surface area contributed by atoms with Gasteiger partial charge < -0.3 is 0 Å². The Balaban J connectivity index is 2.17. The van der Waals surface area contributed by atoms with Gasteiger partial charge in [0.2, 0.25) is 0 Å². The van der Waals surface area contributed by atoms with Gasteiger partial charge in [0.05, 0.1) is 0 Å². The average molecular weight is 276 g/mol. The first-order valence-corrected chi connectivity index (χ1v) is 7.63. The van der Waals surface area contributed by atoms with E-state index in [4.69, 9.17) is 0 Å². The van der Waals surface area contributed by atoms with E-state index in [0.717, 1.165) is 19.5 Å². The number of thiophene rings is 2. The third-order valence-corrected chi connectivity index (χ3v) is 5.47. The van der Waals surface area contributed by atoms with Crippen LogP contribution in [-0.4, -0.2) is 0 Å². The summed E-state index contributed by atoms with van der Waals surface area (Å²) in [4.78, 5) is 16.1. The highest BCUT2D eigenvalue weighted by Gasteiger charge is 2.06. The van der Waals surface area contributed by atoms with Crippen molar-refractivity contribution in [1.82, 2.24) is 0 Å². The van der Waals surface area contributed by atoms with Crippen molar-refractivity contribution in [3.05, 3.63) is 57.4 Å². The van der Waals surface area contributed by atoms with Gasteiger partial charge in [-0.05, 0) is 22.9 Å². The van der Waals surface area contributed by atoms with Crippen LogP contribution < -0.4 is 5.43 Å². The summed E-state index contributed by atoms with van der Waals surface area (Å²) in [5, 5.41) is 4.06. The Morgan fingerprint density at radius 2 is 1.29 bits per heavy atom. The molecule has 3 rings (SSSR count). The molecule has 84 valence electrons. The van der Waals surface area contributed by atoms with E-state index in [1.165, 1.54) is 0 Å². The van der Waals surface area contributed by atoms with Crippen LogP contribution in [0.4, 0.5) is 0 Å². The largest absolute Gasteiger partial charge is 0.290 e. The van der Waals surface area contributed by atoms with Gasteiger partial charge in [0.25, 0.3) is 0 Å². The van der Waals surface area contributed by atoms with Crippen LogP contribution in [0, 0.1) is 0 Å². The molecule has 0 saturated carbocycles. The van der Waals surface area contributed by atoms with Gasteiger partial charge in [-0.25, -0.2) is 0 Å². The zero-order valence-corrected chi connectivity index (χ0v) is 11.2. The van der Waals surface area contributed by atoms with Crippen molar-refractivity contribution in [3.8, 4) is 19.5 Å². The lowest BCUT2D eigenvalue weighted by molar-refractivity contribution is 1.67. The summed E-state index contributed by atoms with van der Waals surface area (Å²) in [5.74, 6) is 0. The van der Waals surface area contributed by atoms with E-state index in [9.17, 15) is 4.79 Å². The first-order chi connectivity index (χ1) is 8.33. The van der Waals surface area contributed by atoms with Crippen molar-refractivity contribution in [2.24, 2.45) is 0 Å². The predicted octanol–water partition coefficient (Wildman–Crippen LogP) is 4.57. The third kappa shape index (κ3) is 2.24. The van der Waals surface area contributed by atoms with E-state index in [0.29, 0.717) is 0 Å². The molecular weight excluding hydrogens is 268 g/mol. The molecule has 0 spiro atoms. The predicted molar refractivity (Wildman–Crippen MR) is 77.2 cm³/mol. The van der Waals surface area contributed by atoms with Crippen molar-refractivity contribution in [3.63, 3.8) is 0 Å². The van der Waals surface area contributed by atoms with Crippen molar-refractivity contribution in [2.75, 3.05) is 0 Å². The van der Waals surface area contributed by atoms with Gasteiger partial charge in [-0.1, -0.05) is 12.1 Å². The summed E-state index contributed by atoms with van der Waals surface area (Å²) < 4.78 is 0. The second kappa shape index (κ2) is 4.56. The molecule has 0 bridgehead atoms. The van der Waals surface area contributed by atoms with Crippen molar-refractivity contribution in [2.45, 2.75) is 0 Å². The van der Waals surface area contributed by atoms with Gasteiger partial charge >= 0.3 is 0 Å². The molecule has 0 atom stereocenters. The van der Waals surface area contributed by atoms with Crippen LogP contribution in [0.15, 0.2) is 52.0 Å². The van der Waals surface area contributed by atoms with Crippen LogP contribution in [0.5, 0.6) is 0 Å². The maximum Gasteiger partial charge on any atom is 0.181 e. The zero-order valence-electron chi connectivity index (χ0n) is 8.75. The molecule has 3 aromatic rings. The van der Waals surface area contributed by atoms with Crippen LogP contribution in [-0.2, 0) is 0 Å². The molecule has 0 fully saturated rings. The molecule has 0 aliphatic heterocycles. The molecular formula is C13H8OS3. The number of hydrogen-bond donors (Lipinski definition) is 0. The first-order valence-electron chi connectivity index (χ1n) is 5.06. The molecule has 0 saturated heterocycles. The summed E-state index contributed by atoms with van der Waals surface area (Å²) in [6, 6.07) is 11.5. The van der Waals surface area contributed by atoms with Crippen molar-refractivity contribution < 1.29 is 0 Å². The maximum atomic E-state index is 11.7. The summed E-state index contributed by atoms with van der Waals surface area (Å²) in [6.07, 6.45) is 0. The Kier molecular flexibility index (Phi) is 2.93. The van der Waals surface area contributed by atoms with Crippen LogP contribution in [0.3, 0.4) is 0 Å². The Labute approximate surface area is 111 Å². The fraction of sp³-hybridized carbons (Fsp3) is 0. The van der Waals surface area contributed by atoms with Gasteiger partial charge in [0.1, 0.15) is 0 Å². The van der Waals surface area contributed by atoms with E-state index in [1.54, 1.807) is 46.1 Å². The molecule has 3 aromatic heterocycles. The quantitative estimate of drug-likeness (QED) is 0.670. The summed E-state index contributed by atoms with van der Waals surface area (Å²) in [6.45, 7) is 0. The minimum atomic E-state index is 0.0792. The van der Waals surface area contributed by atoms with E-state index in [2.05, 4.69) is 0 Å². The van der Waals surface area contributed by atoms with E-state index >= 15 is 0 Å². The fourth-order valence-electron chi connectivity index (χ4n) is 1.56. The monoisotopic (exact) mass is 276 g/mol. The molecule has 0 amide bonds. The normalized spacial score (nSPS) is 10.6. The van der Waals surface area contributed by atoms with Crippen LogP contribution in [0.2, 0.25) is 0 Å². The summed E-state index contributed by atoms with van der Waals surface area (Å²) >= 11 is 5.00. The van der Waals surface area contributed by atoms with Gasteiger partial charge in [0, 0.05) is 31.6 Å². The SMILES string of the molecule is O=c1cc(-c2cccs2)sc(-c2cccs2)c1. The highest BCUT2D eigenvalue weighted by atomic mass is 32.1. The lowest BCUT2D eigenvalue weighted by Gasteiger charge is -1.99. The minimum Gasteiger partial charge on any atom is -0.290 e. The Hall–Kier alpha value is -1.23. The van der Waals surface area contributed by atoms with Crippen molar-refractivity contribution >= 4 is 34.0 Å². The fourth-order valence-corrected chi connectivity index (χ4v) is 4.29. The van der Waals surface area contributed by atoms with Crippen LogP contribution in [0.1, 0.15) is 0 Å². The standard InChI is InChI=1S/C13H8OS3/c14-9-7-12(10-3-1-5-15-10)17-13(8-9)11-4-2-6-16-11/h1-8H. The van der Waals surface area contributed by atoms with Gasteiger partial charge in [0.15, 0.2) is 5.43 Å². The number of hydrogen-bond acceptors (Lipinski definition) is 4. The molecule has 0 aliphatic carbocycles. The van der Waals surface area contributed by atoms with E-state index in [1.807, 2.05) is 35.0 Å². The van der Waals surface area contributed by atoms with Gasteiger partial charge in [-0.15, -0.1) is 34.0 Å². The minimum absolute atomic E-state index is 0.0792. The number of rotatable bonds is 2. The second-order valence-electron chi connectivity index (χ2n) is 3.48. The highest BCUT2D eigenvalue weighted by Crippen LogP contribution is 2.34. The topological polar surface area (TPSA) is 17.1 Å². The molecule has 17 heavy (non-hydrogen) atoms. The molecule has 0 N–H and O–H groups in total. The Bertz CT molecular complexity index is 608. The molecule has 0 radical (unpaired) electrons. The average Bonchev–Trinajstić information content (AvgIpc) is 3.02. The second-order valence-corrected chi connectivity index (χ2v) is 6.46. The molecule has 0 aromatic carbocycles. The zero-order chi connectivity index (χ0) is 11.7. The Morgan fingerprint density at radius 1 is 0.765 bits per heavy atom. The highest BCUT2D eigenvalue weighted by molar-refractivity contribution is 7.25. The van der Waals surface area contributed by atoms with Crippen LogP contribution >= 0.6 is 34.0 Å². The van der Waals surface area contributed by atoms with Gasteiger partial charge in [-0.2, -0.15) is 0 Å². The molecule has 0 aliphatic rings. The van der Waals surface area contributed by atoms with Crippen molar-refractivity contribution in [1.29, 1.82) is 0 Å². The van der Waals surface area contributed by atoms with E-state index in [-0.39, 0.29) is 5.43 Å².